The fourth-order valence-electron chi connectivity index (χ4n) is 1.83. The van der Waals surface area contributed by atoms with Gasteiger partial charge in [0.15, 0.2) is 0 Å². The SMILES string of the molecule is CCCC[C@@H](C)[C@@H](C)Nc1ccc(C)cc1. The van der Waals surface area contributed by atoms with Crippen molar-refractivity contribution in [2.45, 2.75) is 53.0 Å². The monoisotopic (exact) mass is 219 g/mol. The Kier molecular flexibility index (Phi) is 5.37. The number of unbranched alkanes of at least 4 members (excludes halogenated alkanes) is 1. The van der Waals surface area contributed by atoms with Gasteiger partial charge < -0.3 is 5.32 Å². The summed E-state index contributed by atoms with van der Waals surface area (Å²) >= 11 is 0. The maximum absolute atomic E-state index is 3.58. The Balaban J connectivity index is 2.43. The number of benzene rings is 1. The van der Waals surface area contributed by atoms with E-state index in [-0.39, 0.29) is 0 Å². The van der Waals surface area contributed by atoms with Crippen LogP contribution >= 0.6 is 0 Å². The second-order valence-electron chi connectivity index (χ2n) is 4.92. The number of hydrogen-bond donors (Lipinski definition) is 1. The third-order valence-electron chi connectivity index (χ3n) is 3.31. The summed E-state index contributed by atoms with van der Waals surface area (Å²) in [7, 11) is 0. The van der Waals surface area contributed by atoms with Gasteiger partial charge in [-0.1, -0.05) is 44.4 Å². The van der Waals surface area contributed by atoms with E-state index in [4.69, 9.17) is 0 Å². The highest BCUT2D eigenvalue weighted by Gasteiger charge is 2.10. The molecule has 1 N–H and O–H groups in total. The van der Waals surface area contributed by atoms with Crippen LogP contribution in [0.3, 0.4) is 0 Å². The summed E-state index contributed by atoms with van der Waals surface area (Å²) in [6.45, 7) is 8.99. The Hall–Kier alpha value is -0.980. The minimum atomic E-state index is 0.550. The highest BCUT2D eigenvalue weighted by atomic mass is 14.9. The van der Waals surface area contributed by atoms with Crippen molar-refractivity contribution < 1.29 is 0 Å². The van der Waals surface area contributed by atoms with Crippen LogP contribution in [0.15, 0.2) is 24.3 Å². The molecule has 0 saturated carbocycles. The molecule has 0 bridgehead atoms. The topological polar surface area (TPSA) is 12.0 Å². The molecule has 1 nitrogen and oxygen atoms in total. The second-order valence-corrected chi connectivity index (χ2v) is 4.92. The third-order valence-corrected chi connectivity index (χ3v) is 3.31. The maximum Gasteiger partial charge on any atom is 0.0342 e. The molecule has 2 atom stereocenters. The van der Waals surface area contributed by atoms with Gasteiger partial charge in [0.2, 0.25) is 0 Å². The van der Waals surface area contributed by atoms with E-state index in [1.807, 2.05) is 0 Å². The van der Waals surface area contributed by atoms with E-state index in [1.54, 1.807) is 0 Å². The maximum atomic E-state index is 3.58. The molecule has 0 aliphatic carbocycles. The van der Waals surface area contributed by atoms with Gasteiger partial charge in [-0.25, -0.2) is 0 Å². The molecule has 0 radical (unpaired) electrons. The summed E-state index contributed by atoms with van der Waals surface area (Å²) in [4.78, 5) is 0. The van der Waals surface area contributed by atoms with Crippen LogP contribution in [-0.4, -0.2) is 6.04 Å². The van der Waals surface area contributed by atoms with Crippen molar-refractivity contribution in [2.75, 3.05) is 5.32 Å². The molecule has 0 aromatic heterocycles. The van der Waals surface area contributed by atoms with Crippen molar-refractivity contribution in [3.8, 4) is 0 Å². The molecule has 0 fully saturated rings. The van der Waals surface area contributed by atoms with Gasteiger partial charge in [0, 0.05) is 11.7 Å². The lowest BCUT2D eigenvalue weighted by Gasteiger charge is -2.22. The molecular weight excluding hydrogens is 194 g/mol. The largest absolute Gasteiger partial charge is 0.382 e. The summed E-state index contributed by atoms with van der Waals surface area (Å²) < 4.78 is 0. The molecule has 16 heavy (non-hydrogen) atoms. The predicted octanol–water partition coefficient (Wildman–Crippen LogP) is 4.62. The van der Waals surface area contributed by atoms with Crippen LogP contribution in [0.2, 0.25) is 0 Å². The molecule has 1 rings (SSSR count). The predicted molar refractivity (Wildman–Crippen MR) is 73.0 cm³/mol. The minimum Gasteiger partial charge on any atom is -0.382 e. The number of aryl methyl sites for hydroxylation is 1. The number of hydrogen-bond acceptors (Lipinski definition) is 1. The van der Waals surface area contributed by atoms with Crippen LogP contribution in [0, 0.1) is 12.8 Å². The summed E-state index contributed by atoms with van der Waals surface area (Å²) in [6.07, 6.45) is 3.94. The molecule has 0 aliphatic heterocycles. The third kappa shape index (κ3) is 4.26. The molecule has 0 amide bonds. The minimum absolute atomic E-state index is 0.550. The molecule has 0 spiro atoms. The molecule has 1 aromatic rings. The van der Waals surface area contributed by atoms with Crippen molar-refractivity contribution >= 4 is 5.69 Å². The molecule has 0 unspecified atom stereocenters. The Morgan fingerprint density at radius 1 is 1.12 bits per heavy atom. The van der Waals surface area contributed by atoms with Crippen LogP contribution in [0.5, 0.6) is 0 Å². The van der Waals surface area contributed by atoms with Crippen molar-refractivity contribution in [1.29, 1.82) is 0 Å². The van der Waals surface area contributed by atoms with E-state index in [0.29, 0.717) is 6.04 Å². The van der Waals surface area contributed by atoms with E-state index in [1.165, 1.54) is 30.5 Å². The zero-order valence-electron chi connectivity index (χ0n) is 11.1. The van der Waals surface area contributed by atoms with Crippen LogP contribution < -0.4 is 5.32 Å². The fraction of sp³-hybridized carbons (Fsp3) is 0.600. The van der Waals surface area contributed by atoms with E-state index >= 15 is 0 Å². The first-order valence-electron chi connectivity index (χ1n) is 6.46. The lowest BCUT2D eigenvalue weighted by molar-refractivity contribution is 0.454. The molecule has 1 heteroatoms. The molecule has 0 aliphatic rings. The molecule has 1 aromatic carbocycles. The van der Waals surface area contributed by atoms with Crippen molar-refractivity contribution in [1.82, 2.24) is 0 Å². The summed E-state index contributed by atoms with van der Waals surface area (Å²) in [6, 6.07) is 9.20. The standard InChI is InChI=1S/C15H25N/c1-5-6-7-13(3)14(4)16-15-10-8-12(2)9-11-15/h8-11,13-14,16H,5-7H2,1-4H3/t13-,14-/m1/s1. The average molecular weight is 219 g/mol. The smallest absolute Gasteiger partial charge is 0.0342 e. The first-order chi connectivity index (χ1) is 7.63. The first kappa shape index (κ1) is 13.1. The Morgan fingerprint density at radius 2 is 1.75 bits per heavy atom. The fourth-order valence-corrected chi connectivity index (χ4v) is 1.83. The number of anilines is 1. The Bertz CT molecular complexity index is 289. The van der Waals surface area contributed by atoms with Gasteiger partial charge >= 0.3 is 0 Å². The first-order valence-corrected chi connectivity index (χ1v) is 6.46. The highest BCUT2D eigenvalue weighted by molar-refractivity contribution is 5.45. The number of rotatable bonds is 6. The quantitative estimate of drug-likeness (QED) is 0.736. The van der Waals surface area contributed by atoms with Crippen molar-refractivity contribution in [2.24, 2.45) is 5.92 Å². The highest BCUT2D eigenvalue weighted by Crippen LogP contribution is 2.17. The zero-order chi connectivity index (χ0) is 12.0. The van der Waals surface area contributed by atoms with E-state index < -0.39 is 0 Å². The summed E-state index contributed by atoms with van der Waals surface area (Å²) in [5.74, 6) is 0.737. The number of nitrogens with one attached hydrogen (secondary N) is 1. The van der Waals surface area contributed by atoms with Gasteiger partial charge in [0.05, 0.1) is 0 Å². The van der Waals surface area contributed by atoms with Crippen LogP contribution in [-0.2, 0) is 0 Å². The lowest BCUT2D eigenvalue weighted by Crippen LogP contribution is -2.23. The van der Waals surface area contributed by atoms with E-state index in [2.05, 4.69) is 57.3 Å². The van der Waals surface area contributed by atoms with Gasteiger partial charge in [0.1, 0.15) is 0 Å². The van der Waals surface area contributed by atoms with Gasteiger partial charge in [-0.3, -0.25) is 0 Å². The van der Waals surface area contributed by atoms with Gasteiger partial charge in [-0.15, -0.1) is 0 Å². The van der Waals surface area contributed by atoms with Crippen molar-refractivity contribution in [3.63, 3.8) is 0 Å². The summed E-state index contributed by atoms with van der Waals surface area (Å²) in [5, 5.41) is 3.58. The molecule has 90 valence electrons. The summed E-state index contributed by atoms with van der Waals surface area (Å²) in [5.41, 5.74) is 2.55. The van der Waals surface area contributed by atoms with Crippen LogP contribution in [0.4, 0.5) is 5.69 Å². The molecular formula is C15H25N. The second kappa shape index (κ2) is 6.57. The average Bonchev–Trinajstić information content (AvgIpc) is 2.29. The van der Waals surface area contributed by atoms with Crippen LogP contribution in [0.25, 0.3) is 0 Å². The van der Waals surface area contributed by atoms with Crippen LogP contribution in [0.1, 0.15) is 45.6 Å². The van der Waals surface area contributed by atoms with Gasteiger partial charge in [-0.05, 0) is 38.3 Å². The van der Waals surface area contributed by atoms with Crippen molar-refractivity contribution in [3.05, 3.63) is 29.8 Å². The zero-order valence-corrected chi connectivity index (χ0v) is 11.1. The Labute approximate surface area is 100 Å². The van der Waals surface area contributed by atoms with Gasteiger partial charge in [0.25, 0.3) is 0 Å². The van der Waals surface area contributed by atoms with E-state index in [0.717, 1.165) is 5.92 Å². The van der Waals surface area contributed by atoms with Gasteiger partial charge in [-0.2, -0.15) is 0 Å². The normalized spacial score (nSPS) is 14.5. The Morgan fingerprint density at radius 3 is 2.31 bits per heavy atom. The van der Waals surface area contributed by atoms with E-state index in [9.17, 15) is 0 Å². The molecule has 0 saturated heterocycles. The molecule has 0 heterocycles. The lowest BCUT2D eigenvalue weighted by atomic mass is 9.97.